The predicted molar refractivity (Wildman–Crippen MR) is 95.8 cm³/mol. The molecule has 0 spiro atoms. The highest BCUT2D eigenvalue weighted by atomic mass is 19.3. The first-order valence-electron chi connectivity index (χ1n) is 8.28. The third-order valence-corrected chi connectivity index (χ3v) is 4.36. The molecule has 0 N–H and O–H groups in total. The van der Waals surface area contributed by atoms with Gasteiger partial charge in [-0.05, 0) is 30.3 Å². The number of amides is 1. The SMILES string of the molecule is N#Cc1ccc(N2Cc3c(ccnc3-c3ccccc3OC(F)F)C2=O)nc1. The minimum atomic E-state index is -2.97. The zero-order valence-electron chi connectivity index (χ0n) is 14.3. The van der Waals surface area contributed by atoms with Crippen LogP contribution in [0.25, 0.3) is 11.3 Å². The molecule has 0 unspecified atom stereocenters. The van der Waals surface area contributed by atoms with Crippen LogP contribution >= 0.6 is 0 Å². The van der Waals surface area contributed by atoms with E-state index in [1.165, 1.54) is 23.4 Å². The lowest BCUT2D eigenvalue weighted by Crippen LogP contribution is -2.23. The summed E-state index contributed by atoms with van der Waals surface area (Å²) >= 11 is 0. The number of halogens is 2. The monoisotopic (exact) mass is 378 g/mol. The van der Waals surface area contributed by atoms with E-state index in [0.29, 0.717) is 33.8 Å². The van der Waals surface area contributed by atoms with Gasteiger partial charge < -0.3 is 4.74 Å². The van der Waals surface area contributed by atoms with Gasteiger partial charge in [-0.3, -0.25) is 14.7 Å². The Bertz CT molecular complexity index is 1090. The summed E-state index contributed by atoms with van der Waals surface area (Å²) < 4.78 is 30.1. The Kier molecular flexibility index (Phi) is 4.41. The normalized spacial score (nSPS) is 12.8. The fourth-order valence-electron chi connectivity index (χ4n) is 3.12. The van der Waals surface area contributed by atoms with E-state index in [1.807, 2.05) is 6.07 Å². The topological polar surface area (TPSA) is 79.1 Å². The van der Waals surface area contributed by atoms with Gasteiger partial charge in [0.2, 0.25) is 0 Å². The van der Waals surface area contributed by atoms with Crippen LogP contribution in [-0.4, -0.2) is 22.5 Å². The Balaban J connectivity index is 1.76. The molecule has 0 bridgehead atoms. The lowest BCUT2D eigenvalue weighted by molar-refractivity contribution is -0.0494. The number of alkyl halides is 2. The van der Waals surface area contributed by atoms with Crippen LogP contribution in [-0.2, 0) is 6.54 Å². The molecular weight excluding hydrogens is 366 g/mol. The van der Waals surface area contributed by atoms with E-state index in [4.69, 9.17) is 5.26 Å². The average molecular weight is 378 g/mol. The second-order valence-corrected chi connectivity index (χ2v) is 5.97. The molecule has 28 heavy (non-hydrogen) atoms. The highest BCUT2D eigenvalue weighted by molar-refractivity contribution is 6.10. The number of benzene rings is 1. The summed E-state index contributed by atoms with van der Waals surface area (Å²) in [7, 11) is 0. The number of rotatable bonds is 4. The molecule has 2 aromatic heterocycles. The number of pyridine rings is 2. The fourth-order valence-corrected chi connectivity index (χ4v) is 3.12. The van der Waals surface area contributed by atoms with Crippen LogP contribution in [0.3, 0.4) is 0 Å². The summed E-state index contributed by atoms with van der Waals surface area (Å²) in [5.74, 6) is 0.104. The van der Waals surface area contributed by atoms with Crippen molar-refractivity contribution in [3.63, 3.8) is 0 Å². The van der Waals surface area contributed by atoms with Crippen LogP contribution in [0.4, 0.5) is 14.6 Å². The molecule has 0 saturated heterocycles. The second-order valence-electron chi connectivity index (χ2n) is 5.97. The standard InChI is InChI=1S/C20H12F2N4O2/c21-20(22)28-16-4-2-1-3-14(16)18-15-11-26(19(27)13(15)7-8-24-18)17-6-5-12(9-23)10-25-17/h1-8,10,20H,11H2. The van der Waals surface area contributed by atoms with Crippen molar-refractivity contribution in [2.45, 2.75) is 13.2 Å². The summed E-state index contributed by atoms with van der Waals surface area (Å²) in [6.45, 7) is -2.79. The summed E-state index contributed by atoms with van der Waals surface area (Å²) in [6.07, 6.45) is 2.84. The van der Waals surface area contributed by atoms with Crippen molar-refractivity contribution in [1.29, 1.82) is 5.26 Å². The fraction of sp³-hybridized carbons (Fsp3) is 0.100. The van der Waals surface area contributed by atoms with Gasteiger partial charge in [-0.2, -0.15) is 14.0 Å². The Morgan fingerprint density at radius 1 is 1.11 bits per heavy atom. The number of nitrogens with zero attached hydrogens (tertiary/aromatic N) is 4. The lowest BCUT2D eigenvalue weighted by Gasteiger charge is -2.15. The van der Waals surface area contributed by atoms with Gasteiger partial charge >= 0.3 is 6.61 Å². The minimum absolute atomic E-state index is 0.0132. The van der Waals surface area contributed by atoms with Crippen molar-refractivity contribution in [3.8, 4) is 23.1 Å². The van der Waals surface area contributed by atoms with Gasteiger partial charge in [-0.25, -0.2) is 4.98 Å². The Hall–Kier alpha value is -3.86. The molecule has 3 aromatic rings. The molecular formula is C20H12F2N4O2. The molecule has 1 aliphatic heterocycles. The number of hydrogen-bond acceptors (Lipinski definition) is 5. The third kappa shape index (κ3) is 3.03. The van der Waals surface area contributed by atoms with Gasteiger partial charge in [0.25, 0.3) is 5.91 Å². The molecule has 0 aliphatic carbocycles. The van der Waals surface area contributed by atoms with Crippen molar-refractivity contribution in [3.05, 3.63) is 71.5 Å². The van der Waals surface area contributed by atoms with E-state index in [0.717, 1.165) is 0 Å². The summed E-state index contributed by atoms with van der Waals surface area (Å²) in [5, 5.41) is 8.89. The number of aromatic nitrogens is 2. The van der Waals surface area contributed by atoms with E-state index in [1.54, 1.807) is 36.4 Å². The smallest absolute Gasteiger partial charge is 0.387 e. The largest absolute Gasteiger partial charge is 0.434 e. The number of carbonyl (C=O) groups excluding carboxylic acids is 1. The average Bonchev–Trinajstić information content (AvgIpc) is 3.05. The number of fused-ring (bicyclic) bond motifs is 1. The molecule has 6 nitrogen and oxygen atoms in total. The van der Waals surface area contributed by atoms with Crippen LogP contribution in [0, 0.1) is 11.3 Å². The highest BCUT2D eigenvalue weighted by Gasteiger charge is 2.32. The first kappa shape index (κ1) is 17.5. The molecule has 0 radical (unpaired) electrons. The van der Waals surface area contributed by atoms with E-state index in [9.17, 15) is 13.6 Å². The van der Waals surface area contributed by atoms with Gasteiger partial charge in [0.05, 0.1) is 17.8 Å². The number of para-hydroxylation sites is 1. The van der Waals surface area contributed by atoms with Crippen LogP contribution < -0.4 is 9.64 Å². The molecule has 0 atom stereocenters. The van der Waals surface area contributed by atoms with Crippen molar-refractivity contribution in [2.75, 3.05) is 4.90 Å². The van der Waals surface area contributed by atoms with Gasteiger partial charge in [0, 0.05) is 29.1 Å². The van der Waals surface area contributed by atoms with Gasteiger partial charge in [0.15, 0.2) is 0 Å². The van der Waals surface area contributed by atoms with Gasteiger partial charge in [-0.1, -0.05) is 12.1 Å². The molecule has 1 aliphatic rings. The number of ether oxygens (including phenoxy) is 1. The van der Waals surface area contributed by atoms with E-state index in [-0.39, 0.29) is 18.2 Å². The molecule has 4 rings (SSSR count). The zero-order valence-corrected chi connectivity index (χ0v) is 14.3. The minimum Gasteiger partial charge on any atom is -0.434 e. The Morgan fingerprint density at radius 2 is 1.93 bits per heavy atom. The molecule has 3 heterocycles. The second kappa shape index (κ2) is 7.04. The van der Waals surface area contributed by atoms with Crippen molar-refractivity contribution in [2.24, 2.45) is 0 Å². The predicted octanol–water partition coefficient (Wildman–Crippen LogP) is 3.78. The first-order valence-corrected chi connectivity index (χ1v) is 8.28. The zero-order chi connectivity index (χ0) is 19.7. The van der Waals surface area contributed by atoms with Gasteiger partial charge in [-0.15, -0.1) is 0 Å². The van der Waals surface area contributed by atoms with Crippen LogP contribution in [0.2, 0.25) is 0 Å². The molecule has 0 saturated carbocycles. The van der Waals surface area contributed by atoms with Gasteiger partial charge in [0.1, 0.15) is 17.6 Å². The number of nitriles is 1. The third-order valence-electron chi connectivity index (χ3n) is 4.36. The Morgan fingerprint density at radius 3 is 2.64 bits per heavy atom. The highest BCUT2D eigenvalue weighted by Crippen LogP contribution is 2.37. The first-order chi connectivity index (χ1) is 13.6. The van der Waals surface area contributed by atoms with E-state index < -0.39 is 6.61 Å². The summed E-state index contributed by atoms with van der Waals surface area (Å²) in [6, 6.07) is 13.0. The number of anilines is 1. The maximum Gasteiger partial charge on any atom is 0.387 e. The molecule has 138 valence electrons. The van der Waals surface area contributed by atoms with Crippen LogP contribution in [0.5, 0.6) is 5.75 Å². The quantitative estimate of drug-likeness (QED) is 0.690. The molecule has 0 fully saturated rings. The molecule has 1 aromatic carbocycles. The maximum atomic E-state index is 12.8. The lowest BCUT2D eigenvalue weighted by atomic mass is 10.0. The van der Waals surface area contributed by atoms with Crippen molar-refractivity contribution in [1.82, 2.24) is 9.97 Å². The van der Waals surface area contributed by atoms with Crippen molar-refractivity contribution >= 4 is 11.7 Å². The van der Waals surface area contributed by atoms with Crippen molar-refractivity contribution < 1.29 is 18.3 Å². The number of hydrogen-bond donors (Lipinski definition) is 0. The van der Waals surface area contributed by atoms with Crippen LogP contribution in [0.15, 0.2) is 54.9 Å². The van der Waals surface area contributed by atoms with E-state index >= 15 is 0 Å². The molecule has 1 amide bonds. The Labute approximate surface area is 158 Å². The molecule has 8 heteroatoms. The van der Waals surface area contributed by atoms with Crippen LogP contribution in [0.1, 0.15) is 21.5 Å². The number of carbonyl (C=O) groups is 1. The summed E-state index contributed by atoms with van der Waals surface area (Å²) in [5.41, 5.74) is 2.18. The maximum absolute atomic E-state index is 12.8. The summed E-state index contributed by atoms with van der Waals surface area (Å²) in [4.78, 5) is 22.8. The van der Waals surface area contributed by atoms with E-state index in [2.05, 4.69) is 14.7 Å².